The van der Waals surface area contributed by atoms with E-state index in [2.05, 4.69) is 0 Å². The minimum Gasteiger partial charge on any atom is -0.394 e. The largest absolute Gasteiger partial charge is 0.394 e. The molecule has 3 fully saturated rings. The molecule has 0 aromatic carbocycles. The smallest absolute Gasteiger partial charge is 0.198 e. The van der Waals surface area contributed by atoms with Crippen LogP contribution in [0.2, 0.25) is 0 Å². The Kier molecular flexibility index (Phi) is 10.6. The first kappa shape index (κ1) is 30.9. The van der Waals surface area contributed by atoms with Gasteiger partial charge in [0.05, 0.1) is 19.8 Å². The summed E-state index contributed by atoms with van der Waals surface area (Å²) in [7, 11) is 0. The summed E-state index contributed by atoms with van der Waals surface area (Å²) < 4.78 is 27.5. The van der Waals surface area contributed by atoms with Gasteiger partial charge >= 0.3 is 0 Å². The average molecular weight is 547 g/mol. The Morgan fingerprint density at radius 2 is 1.22 bits per heavy atom. The molecule has 3 rings (SSSR count). The third-order valence-electron chi connectivity index (χ3n) is 6.92. The van der Waals surface area contributed by atoms with Crippen molar-refractivity contribution in [2.24, 2.45) is 0 Å². The fourth-order valence-electron chi connectivity index (χ4n) is 4.85. The van der Waals surface area contributed by atoms with E-state index < -0.39 is 111 Å². The molecule has 2 unspecified atom stereocenters. The SMILES string of the molecule is CCCC1(O[C@H]2[C@H](O)[C@@H](O)C(O[C@H]3[C@H](O)[C@@H](O)[C@@H](O)O[C@@H]3CO)O[C@@H]2CO)O[C@H](CO)[C@@H](O)[C@H](O)[C@H]1O. The van der Waals surface area contributed by atoms with Gasteiger partial charge < -0.3 is 79.9 Å². The molecule has 0 radical (unpaired) electrons. The molecule has 3 saturated heterocycles. The molecule has 3 heterocycles. The quantitative estimate of drug-likeness (QED) is 0.128. The maximum atomic E-state index is 10.9. The van der Waals surface area contributed by atoms with Crippen LogP contribution in [0, 0.1) is 0 Å². The topological polar surface area (TPSA) is 269 Å². The molecule has 0 aliphatic carbocycles. The Morgan fingerprint density at radius 1 is 0.649 bits per heavy atom. The summed E-state index contributed by atoms with van der Waals surface area (Å²) in [4.78, 5) is 0. The lowest BCUT2D eigenvalue weighted by atomic mass is 9.89. The summed E-state index contributed by atoms with van der Waals surface area (Å²) in [6.07, 6.45) is -23.5. The van der Waals surface area contributed by atoms with Crippen molar-refractivity contribution in [2.45, 2.75) is 111 Å². The third kappa shape index (κ3) is 5.94. The summed E-state index contributed by atoms with van der Waals surface area (Å²) in [5.41, 5.74) is 0. The molecule has 3 aliphatic heterocycles. The van der Waals surface area contributed by atoms with Gasteiger partial charge in [-0.3, -0.25) is 0 Å². The van der Waals surface area contributed by atoms with E-state index in [1.807, 2.05) is 0 Å². The van der Waals surface area contributed by atoms with Crippen LogP contribution in [-0.4, -0.2) is 168 Å². The van der Waals surface area contributed by atoms with Crippen LogP contribution in [0.3, 0.4) is 0 Å². The lowest BCUT2D eigenvalue weighted by molar-refractivity contribution is -0.411. The molecule has 11 N–H and O–H groups in total. The van der Waals surface area contributed by atoms with E-state index in [9.17, 15) is 56.2 Å². The molecule has 0 amide bonds. The second-order valence-corrected chi connectivity index (χ2v) is 9.45. The lowest BCUT2D eigenvalue weighted by Gasteiger charge is -2.52. The number of ether oxygens (including phenoxy) is 5. The highest BCUT2D eigenvalue weighted by Gasteiger charge is 2.58. The Labute approximate surface area is 211 Å². The van der Waals surface area contributed by atoms with Crippen LogP contribution in [0.5, 0.6) is 0 Å². The second kappa shape index (κ2) is 12.7. The first-order valence-electron chi connectivity index (χ1n) is 12.0. The van der Waals surface area contributed by atoms with Crippen molar-refractivity contribution in [3.05, 3.63) is 0 Å². The van der Waals surface area contributed by atoms with Crippen LogP contribution in [0.1, 0.15) is 19.8 Å². The van der Waals surface area contributed by atoms with Gasteiger partial charge in [0, 0.05) is 6.42 Å². The van der Waals surface area contributed by atoms with E-state index in [-0.39, 0.29) is 6.42 Å². The first-order valence-corrected chi connectivity index (χ1v) is 12.0. The molecule has 0 aromatic heterocycles. The lowest BCUT2D eigenvalue weighted by Crippen LogP contribution is -2.70. The third-order valence-corrected chi connectivity index (χ3v) is 6.92. The fraction of sp³-hybridized carbons (Fsp3) is 1.00. The minimum atomic E-state index is -2.09. The number of hydrogen-bond donors (Lipinski definition) is 11. The normalized spacial score (nSPS) is 51.2. The first-order chi connectivity index (χ1) is 17.5. The molecule has 16 heteroatoms. The maximum absolute atomic E-state index is 10.9. The van der Waals surface area contributed by atoms with E-state index in [4.69, 9.17) is 23.7 Å². The van der Waals surface area contributed by atoms with E-state index in [1.54, 1.807) is 6.92 Å². The van der Waals surface area contributed by atoms with Gasteiger partial charge in [-0.05, 0) is 0 Å². The summed E-state index contributed by atoms with van der Waals surface area (Å²) in [5.74, 6) is -2.09. The Hall–Kier alpha value is -0.640. The molecule has 15 atom stereocenters. The van der Waals surface area contributed by atoms with Gasteiger partial charge in [0.15, 0.2) is 18.4 Å². The molecular formula is C21H38O16. The zero-order chi connectivity index (χ0) is 27.7. The van der Waals surface area contributed by atoms with Gasteiger partial charge in [0.1, 0.15) is 73.2 Å². The molecule has 0 bridgehead atoms. The van der Waals surface area contributed by atoms with Crippen molar-refractivity contribution in [3.8, 4) is 0 Å². The molecular weight excluding hydrogens is 508 g/mol. The zero-order valence-corrected chi connectivity index (χ0v) is 20.1. The van der Waals surface area contributed by atoms with Crippen LogP contribution in [0.25, 0.3) is 0 Å². The van der Waals surface area contributed by atoms with Gasteiger partial charge in [-0.1, -0.05) is 13.3 Å². The van der Waals surface area contributed by atoms with E-state index >= 15 is 0 Å². The van der Waals surface area contributed by atoms with Crippen LogP contribution in [-0.2, 0) is 23.7 Å². The Balaban J connectivity index is 1.82. The molecule has 0 spiro atoms. The number of aliphatic hydroxyl groups is 11. The van der Waals surface area contributed by atoms with Gasteiger partial charge in [0.2, 0.25) is 0 Å². The van der Waals surface area contributed by atoms with Crippen molar-refractivity contribution in [1.82, 2.24) is 0 Å². The van der Waals surface area contributed by atoms with Gasteiger partial charge in [-0.15, -0.1) is 0 Å². The highest BCUT2D eigenvalue weighted by molar-refractivity contribution is 5.00. The van der Waals surface area contributed by atoms with Gasteiger partial charge in [0.25, 0.3) is 0 Å². The van der Waals surface area contributed by atoms with Crippen LogP contribution in [0.15, 0.2) is 0 Å². The van der Waals surface area contributed by atoms with Crippen molar-refractivity contribution in [3.63, 3.8) is 0 Å². The molecule has 0 aromatic rings. The van der Waals surface area contributed by atoms with Crippen molar-refractivity contribution in [1.29, 1.82) is 0 Å². The van der Waals surface area contributed by atoms with Crippen LogP contribution in [0.4, 0.5) is 0 Å². The second-order valence-electron chi connectivity index (χ2n) is 9.45. The minimum absolute atomic E-state index is 0.101. The highest BCUT2D eigenvalue weighted by atomic mass is 16.8. The van der Waals surface area contributed by atoms with E-state index in [1.165, 1.54) is 0 Å². The van der Waals surface area contributed by atoms with E-state index in [0.717, 1.165) is 0 Å². The molecule has 0 saturated carbocycles. The van der Waals surface area contributed by atoms with Gasteiger partial charge in [-0.2, -0.15) is 0 Å². The zero-order valence-electron chi connectivity index (χ0n) is 20.1. The molecule has 37 heavy (non-hydrogen) atoms. The summed E-state index contributed by atoms with van der Waals surface area (Å²) in [5, 5.41) is 112. The highest BCUT2D eigenvalue weighted by Crippen LogP contribution is 2.39. The standard InChI is InChI=1S/C21H38O16/c1-2-3-21(18(31)13(28)10(25)7(4-22)36-21)37-17-9(6-24)34-20(15(30)12(17)27)35-16-8(5-23)33-19(32)14(29)11(16)26/h7-20,22-32H,2-6H2,1H3/t7-,8-,9-,10-,11-,12-,13+,14-,15-,16-,17-,18-,19+,20?,21?/m1/s1. The Bertz CT molecular complexity index is 710. The molecule has 218 valence electrons. The van der Waals surface area contributed by atoms with Crippen molar-refractivity contribution in [2.75, 3.05) is 19.8 Å². The number of rotatable bonds is 9. The van der Waals surface area contributed by atoms with Crippen LogP contribution < -0.4 is 0 Å². The predicted molar refractivity (Wildman–Crippen MR) is 115 cm³/mol. The number of hydrogen-bond acceptors (Lipinski definition) is 16. The fourth-order valence-corrected chi connectivity index (χ4v) is 4.85. The summed E-state index contributed by atoms with van der Waals surface area (Å²) in [6, 6.07) is 0. The monoisotopic (exact) mass is 546 g/mol. The van der Waals surface area contributed by atoms with Gasteiger partial charge in [-0.25, -0.2) is 0 Å². The summed E-state index contributed by atoms with van der Waals surface area (Å²) >= 11 is 0. The number of aliphatic hydroxyl groups excluding tert-OH is 11. The average Bonchev–Trinajstić information content (AvgIpc) is 2.89. The van der Waals surface area contributed by atoms with Crippen molar-refractivity contribution < 1.29 is 79.9 Å². The van der Waals surface area contributed by atoms with Crippen molar-refractivity contribution >= 4 is 0 Å². The predicted octanol–water partition coefficient (Wildman–Crippen LogP) is -6.40. The molecule has 16 nitrogen and oxygen atoms in total. The Morgan fingerprint density at radius 3 is 1.78 bits per heavy atom. The molecule has 3 aliphatic rings. The summed E-state index contributed by atoms with van der Waals surface area (Å²) in [6.45, 7) is -0.649. The van der Waals surface area contributed by atoms with E-state index in [0.29, 0.717) is 6.42 Å². The maximum Gasteiger partial charge on any atom is 0.198 e. The van der Waals surface area contributed by atoms with Crippen LogP contribution >= 0.6 is 0 Å².